The number of carboxylic acid groups (broad SMARTS) is 1. The molecule has 0 aliphatic heterocycles. The van der Waals surface area contributed by atoms with Gasteiger partial charge in [-0.3, -0.25) is 0 Å². The van der Waals surface area contributed by atoms with Crippen molar-refractivity contribution in [3.63, 3.8) is 0 Å². The van der Waals surface area contributed by atoms with E-state index >= 15 is 0 Å². The van der Waals surface area contributed by atoms with Gasteiger partial charge in [0.05, 0.1) is 4.90 Å². The summed E-state index contributed by atoms with van der Waals surface area (Å²) in [6.45, 7) is 0.0637. The molecule has 0 unspecified atom stereocenters. The minimum atomic E-state index is -3.61. The second kappa shape index (κ2) is 6.10. The smallest absolute Gasteiger partial charge is 0.354 e. The number of pyridine rings is 1. The number of carbonyl (C=O) groups is 1. The van der Waals surface area contributed by atoms with Gasteiger partial charge in [-0.25, -0.2) is 22.9 Å². The van der Waals surface area contributed by atoms with Gasteiger partial charge >= 0.3 is 5.97 Å². The Bertz CT molecular complexity index is 827. The average molecular weight is 332 g/mol. The molecule has 0 atom stereocenters. The lowest BCUT2D eigenvalue weighted by Gasteiger charge is -2.11. The number of carboxylic acids is 1. The van der Waals surface area contributed by atoms with Crippen molar-refractivity contribution in [1.82, 2.24) is 9.71 Å². The highest BCUT2D eigenvalue weighted by atomic mass is 32.2. The van der Waals surface area contributed by atoms with E-state index in [2.05, 4.69) is 9.71 Å². The van der Waals surface area contributed by atoms with Crippen LogP contribution >= 0.6 is 0 Å². The molecule has 1 heterocycles. The largest absolute Gasteiger partial charge is 0.477 e. The molecule has 6 nitrogen and oxygen atoms in total. The monoisotopic (exact) mass is 332 g/mol. The SMILES string of the molecule is O=C(O)c1ccc(CNS(=O)(=O)c2ccccc2C2CC2)cn1. The molecule has 2 N–H and O–H groups in total. The van der Waals surface area contributed by atoms with Crippen molar-refractivity contribution in [1.29, 1.82) is 0 Å². The lowest BCUT2D eigenvalue weighted by Crippen LogP contribution is -2.24. The summed E-state index contributed by atoms with van der Waals surface area (Å²) >= 11 is 0. The maximum atomic E-state index is 12.5. The third-order valence-electron chi connectivity index (χ3n) is 3.74. The molecule has 3 rings (SSSR count). The standard InChI is InChI=1S/C16H16N2O4S/c19-16(20)14-8-5-11(9-17-14)10-18-23(21,22)15-4-2-1-3-13(15)12-6-7-12/h1-5,8-9,12,18H,6-7,10H2,(H,19,20). The lowest BCUT2D eigenvalue weighted by molar-refractivity contribution is 0.0690. The first-order valence-corrected chi connectivity index (χ1v) is 8.72. The molecule has 2 aromatic rings. The Morgan fingerprint density at radius 3 is 2.57 bits per heavy atom. The van der Waals surface area contributed by atoms with Gasteiger partial charge in [0.25, 0.3) is 0 Å². The second-order valence-electron chi connectivity index (χ2n) is 5.49. The summed E-state index contributed by atoms with van der Waals surface area (Å²) in [4.78, 5) is 14.8. The van der Waals surface area contributed by atoms with Crippen LogP contribution in [-0.4, -0.2) is 24.5 Å². The summed E-state index contributed by atoms with van der Waals surface area (Å²) in [5.41, 5.74) is 1.39. The Labute approximate surface area is 134 Å². The van der Waals surface area contributed by atoms with Gasteiger partial charge in [-0.1, -0.05) is 24.3 Å². The molecule has 1 aromatic heterocycles. The van der Waals surface area contributed by atoms with Gasteiger partial charge in [-0.2, -0.15) is 0 Å². The summed E-state index contributed by atoms with van der Waals surface area (Å²) in [5, 5.41) is 8.80. The van der Waals surface area contributed by atoms with Crippen molar-refractivity contribution in [3.8, 4) is 0 Å². The van der Waals surface area contributed by atoms with E-state index in [0.29, 0.717) is 16.4 Å². The number of rotatable bonds is 6. The number of aromatic carboxylic acids is 1. The third-order valence-corrected chi connectivity index (χ3v) is 5.21. The van der Waals surface area contributed by atoms with E-state index in [9.17, 15) is 13.2 Å². The Morgan fingerprint density at radius 1 is 1.22 bits per heavy atom. The fourth-order valence-electron chi connectivity index (χ4n) is 2.37. The first-order valence-electron chi connectivity index (χ1n) is 7.24. The maximum Gasteiger partial charge on any atom is 0.354 e. The number of aromatic nitrogens is 1. The minimum absolute atomic E-state index is 0.0637. The predicted molar refractivity (Wildman–Crippen MR) is 83.6 cm³/mol. The fraction of sp³-hybridized carbons (Fsp3) is 0.250. The average Bonchev–Trinajstić information content (AvgIpc) is 3.38. The fourth-order valence-corrected chi connectivity index (χ4v) is 3.68. The van der Waals surface area contributed by atoms with Crippen LogP contribution in [0.2, 0.25) is 0 Å². The summed E-state index contributed by atoms with van der Waals surface area (Å²) in [5.74, 6) is -0.783. The Hall–Kier alpha value is -2.25. The van der Waals surface area contributed by atoms with Crippen LogP contribution in [-0.2, 0) is 16.6 Å². The highest BCUT2D eigenvalue weighted by Gasteiger charge is 2.29. The first kappa shape index (κ1) is 15.6. The molecular formula is C16H16N2O4S. The van der Waals surface area contributed by atoms with E-state index in [-0.39, 0.29) is 12.2 Å². The Morgan fingerprint density at radius 2 is 1.96 bits per heavy atom. The molecule has 0 radical (unpaired) electrons. The topological polar surface area (TPSA) is 96.4 Å². The molecule has 7 heteroatoms. The van der Waals surface area contributed by atoms with Gasteiger partial charge < -0.3 is 5.11 Å². The molecule has 0 saturated heterocycles. The lowest BCUT2D eigenvalue weighted by atomic mass is 10.1. The molecule has 1 saturated carbocycles. The van der Waals surface area contributed by atoms with Crippen molar-refractivity contribution < 1.29 is 18.3 Å². The quantitative estimate of drug-likeness (QED) is 0.845. The zero-order valence-corrected chi connectivity index (χ0v) is 13.1. The van der Waals surface area contributed by atoms with Gasteiger partial charge in [0.15, 0.2) is 0 Å². The van der Waals surface area contributed by atoms with Crippen molar-refractivity contribution in [2.24, 2.45) is 0 Å². The van der Waals surface area contributed by atoms with Gasteiger partial charge in [0.2, 0.25) is 10.0 Å². The van der Waals surface area contributed by atoms with E-state index < -0.39 is 16.0 Å². The molecule has 1 aliphatic rings. The molecule has 1 fully saturated rings. The third kappa shape index (κ3) is 3.57. The maximum absolute atomic E-state index is 12.5. The van der Waals surface area contributed by atoms with E-state index in [1.54, 1.807) is 18.2 Å². The van der Waals surface area contributed by atoms with Crippen LogP contribution in [0.1, 0.15) is 40.4 Å². The van der Waals surface area contributed by atoms with E-state index in [1.807, 2.05) is 12.1 Å². The molecule has 23 heavy (non-hydrogen) atoms. The summed E-state index contributed by atoms with van der Waals surface area (Å²) in [6.07, 6.45) is 3.40. The normalized spacial score (nSPS) is 14.6. The zero-order valence-electron chi connectivity index (χ0n) is 12.3. The number of hydrogen-bond acceptors (Lipinski definition) is 4. The number of hydrogen-bond donors (Lipinski definition) is 2. The van der Waals surface area contributed by atoms with Gasteiger partial charge in [-0.15, -0.1) is 0 Å². The number of benzene rings is 1. The van der Waals surface area contributed by atoms with Crippen LogP contribution in [0, 0.1) is 0 Å². The number of nitrogens with zero attached hydrogens (tertiary/aromatic N) is 1. The van der Waals surface area contributed by atoms with Crippen LogP contribution in [0.15, 0.2) is 47.5 Å². The predicted octanol–water partition coefficient (Wildman–Crippen LogP) is 2.14. The summed E-state index contributed by atoms with van der Waals surface area (Å²) in [6, 6.07) is 9.93. The van der Waals surface area contributed by atoms with Crippen LogP contribution in [0.3, 0.4) is 0 Å². The number of nitrogens with one attached hydrogen (secondary N) is 1. The van der Waals surface area contributed by atoms with Crippen molar-refractivity contribution >= 4 is 16.0 Å². The van der Waals surface area contributed by atoms with Gasteiger partial charge in [0, 0.05) is 12.7 Å². The van der Waals surface area contributed by atoms with E-state index in [0.717, 1.165) is 18.4 Å². The summed E-state index contributed by atoms with van der Waals surface area (Å²) in [7, 11) is -3.61. The van der Waals surface area contributed by atoms with Crippen LogP contribution < -0.4 is 4.72 Å². The second-order valence-corrected chi connectivity index (χ2v) is 7.23. The molecule has 0 bridgehead atoms. The van der Waals surface area contributed by atoms with E-state index in [4.69, 9.17) is 5.11 Å². The molecule has 1 aliphatic carbocycles. The highest BCUT2D eigenvalue weighted by Crippen LogP contribution is 2.42. The minimum Gasteiger partial charge on any atom is -0.477 e. The first-order chi connectivity index (χ1) is 11.0. The van der Waals surface area contributed by atoms with Gasteiger partial charge in [0.1, 0.15) is 5.69 Å². The van der Waals surface area contributed by atoms with Crippen molar-refractivity contribution in [3.05, 3.63) is 59.4 Å². The molecule has 0 amide bonds. The Balaban J connectivity index is 1.75. The van der Waals surface area contributed by atoms with E-state index in [1.165, 1.54) is 12.3 Å². The highest BCUT2D eigenvalue weighted by molar-refractivity contribution is 7.89. The zero-order chi connectivity index (χ0) is 16.4. The van der Waals surface area contributed by atoms with Crippen LogP contribution in [0.25, 0.3) is 0 Å². The molecule has 1 aromatic carbocycles. The Kier molecular flexibility index (Phi) is 4.14. The van der Waals surface area contributed by atoms with Crippen molar-refractivity contribution in [2.45, 2.75) is 30.2 Å². The van der Waals surface area contributed by atoms with Crippen LogP contribution in [0.5, 0.6) is 0 Å². The molecular weight excluding hydrogens is 316 g/mol. The molecule has 120 valence electrons. The van der Waals surface area contributed by atoms with Gasteiger partial charge in [-0.05, 0) is 42.0 Å². The molecule has 0 spiro atoms. The van der Waals surface area contributed by atoms with Crippen LogP contribution in [0.4, 0.5) is 0 Å². The number of sulfonamides is 1. The summed E-state index contributed by atoms with van der Waals surface area (Å²) < 4.78 is 27.6. The van der Waals surface area contributed by atoms with Crippen molar-refractivity contribution in [2.75, 3.05) is 0 Å².